The van der Waals surface area contributed by atoms with Crippen LogP contribution in [0.1, 0.15) is 18.6 Å². The van der Waals surface area contributed by atoms with Gasteiger partial charge in [-0.1, -0.05) is 12.1 Å². The highest BCUT2D eigenvalue weighted by atomic mass is 32.1. The Morgan fingerprint density at radius 2 is 2.00 bits per heavy atom. The van der Waals surface area contributed by atoms with Crippen molar-refractivity contribution in [3.05, 3.63) is 64.2 Å². The van der Waals surface area contributed by atoms with Crippen molar-refractivity contribution in [3.8, 4) is 17.0 Å². The minimum Gasteiger partial charge on any atom is -0.493 e. The number of fused-ring (bicyclic) bond motifs is 1. The molecule has 0 atom stereocenters. The standard InChI is InChI=1S/C22H19N3O6S/c1-29-17-6-2-4-13-10-15(21(28)31-20(13)17)16-12-32-22(24-16)25-19(27)8-7-18(26)23-11-14-5-3-9-30-14/h2-6,9-10,12H,7-8,11H2,1H3,(H,23,26)(H,24,25,27). The average Bonchev–Trinajstić information content (AvgIpc) is 3.47. The van der Waals surface area contributed by atoms with E-state index in [0.717, 1.165) is 0 Å². The van der Waals surface area contributed by atoms with Crippen LogP contribution in [-0.2, 0) is 16.1 Å². The fraction of sp³-hybridized carbons (Fsp3) is 0.182. The molecule has 0 bridgehead atoms. The Kier molecular flexibility index (Phi) is 6.31. The van der Waals surface area contributed by atoms with Gasteiger partial charge in [-0.15, -0.1) is 11.3 Å². The molecule has 1 aromatic carbocycles. The van der Waals surface area contributed by atoms with Crippen LogP contribution in [0.5, 0.6) is 5.75 Å². The first kappa shape index (κ1) is 21.3. The molecule has 3 heterocycles. The van der Waals surface area contributed by atoms with E-state index in [2.05, 4.69) is 15.6 Å². The zero-order valence-electron chi connectivity index (χ0n) is 17.0. The first-order valence-corrected chi connectivity index (χ1v) is 10.6. The van der Waals surface area contributed by atoms with Crippen LogP contribution in [-0.4, -0.2) is 23.9 Å². The van der Waals surface area contributed by atoms with E-state index in [1.807, 2.05) is 0 Å². The lowest BCUT2D eigenvalue weighted by Gasteiger charge is -2.05. The average molecular weight is 453 g/mol. The predicted molar refractivity (Wildman–Crippen MR) is 119 cm³/mol. The van der Waals surface area contributed by atoms with Gasteiger partial charge in [0.05, 0.1) is 31.2 Å². The number of aromatic nitrogens is 1. The molecule has 32 heavy (non-hydrogen) atoms. The Bertz CT molecular complexity index is 1310. The number of ether oxygens (including phenoxy) is 1. The van der Waals surface area contributed by atoms with Crippen molar-refractivity contribution in [2.24, 2.45) is 0 Å². The molecule has 2 N–H and O–H groups in total. The molecule has 0 aliphatic carbocycles. The molecule has 2 amide bonds. The summed E-state index contributed by atoms with van der Waals surface area (Å²) in [5, 5.41) is 8.00. The molecular formula is C22H19N3O6S. The highest BCUT2D eigenvalue weighted by molar-refractivity contribution is 7.14. The highest BCUT2D eigenvalue weighted by Crippen LogP contribution is 2.29. The molecule has 0 aliphatic rings. The third-order valence-electron chi connectivity index (χ3n) is 4.59. The highest BCUT2D eigenvalue weighted by Gasteiger charge is 2.15. The summed E-state index contributed by atoms with van der Waals surface area (Å²) in [5.41, 5.74) is 0.469. The number of furan rings is 1. The zero-order valence-corrected chi connectivity index (χ0v) is 17.9. The SMILES string of the molecule is COc1cccc2cc(-c3csc(NC(=O)CCC(=O)NCc4ccco4)n3)c(=O)oc12. The van der Waals surface area contributed by atoms with Crippen molar-refractivity contribution in [2.45, 2.75) is 19.4 Å². The van der Waals surface area contributed by atoms with Crippen molar-refractivity contribution in [3.63, 3.8) is 0 Å². The van der Waals surface area contributed by atoms with E-state index >= 15 is 0 Å². The van der Waals surface area contributed by atoms with Crippen LogP contribution in [0, 0.1) is 0 Å². The lowest BCUT2D eigenvalue weighted by Crippen LogP contribution is -2.24. The molecule has 9 nitrogen and oxygen atoms in total. The number of carbonyl (C=O) groups is 2. The summed E-state index contributed by atoms with van der Waals surface area (Å²) in [4.78, 5) is 40.8. The first-order chi connectivity index (χ1) is 15.5. The van der Waals surface area contributed by atoms with Gasteiger partial charge >= 0.3 is 5.63 Å². The molecule has 164 valence electrons. The number of nitrogens with one attached hydrogen (secondary N) is 2. The molecule has 0 saturated carbocycles. The summed E-state index contributed by atoms with van der Waals surface area (Å²) in [6, 6.07) is 10.5. The molecule has 4 aromatic rings. The Labute approximate surface area is 186 Å². The predicted octanol–water partition coefficient (Wildman–Crippen LogP) is 3.55. The van der Waals surface area contributed by atoms with Crippen LogP contribution in [0.4, 0.5) is 5.13 Å². The minimum absolute atomic E-state index is 0.00317. The summed E-state index contributed by atoms with van der Waals surface area (Å²) >= 11 is 1.18. The summed E-state index contributed by atoms with van der Waals surface area (Å²) in [5.74, 6) is 0.482. The van der Waals surface area contributed by atoms with Crippen molar-refractivity contribution in [2.75, 3.05) is 12.4 Å². The normalized spacial score (nSPS) is 10.8. The Hall–Kier alpha value is -3.92. The van der Waals surface area contributed by atoms with Gasteiger partial charge in [-0.05, 0) is 24.3 Å². The number of benzene rings is 1. The fourth-order valence-corrected chi connectivity index (χ4v) is 3.73. The Balaban J connectivity index is 1.37. The van der Waals surface area contributed by atoms with E-state index in [4.69, 9.17) is 13.6 Å². The van der Waals surface area contributed by atoms with Gasteiger partial charge in [-0.3, -0.25) is 9.59 Å². The number of hydrogen-bond donors (Lipinski definition) is 2. The molecular weight excluding hydrogens is 434 g/mol. The minimum atomic E-state index is -0.557. The number of carbonyl (C=O) groups excluding carboxylic acids is 2. The van der Waals surface area contributed by atoms with Crippen molar-refractivity contribution >= 4 is 39.3 Å². The van der Waals surface area contributed by atoms with Gasteiger partial charge in [0.1, 0.15) is 5.76 Å². The monoisotopic (exact) mass is 453 g/mol. The largest absolute Gasteiger partial charge is 0.493 e. The maximum Gasteiger partial charge on any atom is 0.345 e. The second-order valence-corrected chi connectivity index (χ2v) is 7.63. The number of thiazole rings is 1. The maximum absolute atomic E-state index is 12.5. The number of amides is 2. The summed E-state index contributed by atoms with van der Waals surface area (Å²) in [6.45, 7) is 0.267. The van der Waals surface area contributed by atoms with E-state index < -0.39 is 5.63 Å². The fourth-order valence-electron chi connectivity index (χ4n) is 3.01. The number of nitrogens with zero attached hydrogens (tertiary/aromatic N) is 1. The van der Waals surface area contributed by atoms with Gasteiger partial charge in [0.15, 0.2) is 16.5 Å². The van der Waals surface area contributed by atoms with Crippen LogP contribution in [0.15, 0.2) is 61.7 Å². The first-order valence-electron chi connectivity index (χ1n) is 9.69. The van der Waals surface area contributed by atoms with E-state index in [0.29, 0.717) is 33.3 Å². The molecule has 0 spiro atoms. The van der Waals surface area contributed by atoms with Crippen LogP contribution in [0.2, 0.25) is 0 Å². The molecule has 10 heteroatoms. The lowest BCUT2D eigenvalue weighted by molar-refractivity contribution is -0.124. The van der Waals surface area contributed by atoms with E-state index in [1.54, 1.807) is 41.8 Å². The van der Waals surface area contributed by atoms with Crippen molar-refractivity contribution in [1.82, 2.24) is 10.3 Å². The second kappa shape index (κ2) is 9.48. The molecule has 0 aliphatic heterocycles. The lowest BCUT2D eigenvalue weighted by atomic mass is 10.1. The number of rotatable bonds is 8. The van der Waals surface area contributed by atoms with Crippen LogP contribution >= 0.6 is 11.3 Å². The molecule has 0 unspecified atom stereocenters. The van der Waals surface area contributed by atoms with Crippen molar-refractivity contribution in [1.29, 1.82) is 0 Å². The number of para-hydroxylation sites is 1. The summed E-state index contributed by atoms with van der Waals surface area (Å²) in [7, 11) is 1.50. The van der Waals surface area contributed by atoms with Gasteiger partial charge in [0, 0.05) is 23.6 Å². The Morgan fingerprint density at radius 1 is 1.16 bits per heavy atom. The maximum atomic E-state index is 12.5. The molecule has 4 rings (SSSR count). The molecule has 0 fully saturated rings. The van der Waals surface area contributed by atoms with Crippen LogP contribution < -0.4 is 21.0 Å². The van der Waals surface area contributed by atoms with Gasteiger partial charge in [-0.2, -0.15) is 0 Å². The third kappa shape index (κ3) is 4.86. The van der Waals surface area contributed by atoms with Crippen LogP contribution in [0.25, 0.3) is 22.2 Å². The third-order valence-corrected chi connectivity index (χ3v) is 5.35. The smallest absolute Gasteiger partial charge is 0.345 e. The van der Waals surface area contributed by atoms with Gasteiger partial charge in [0.2, 0.25) is 11.8 Å². The number of anilines is 1. The van der Waals surface area contributed by atoms with E-state index in [-0.39, 0.29) is 36.8 Å². The molecule has 3 aromatic heterocycles. The van der Waals surface area contributed by atoms with Gasteiger partial charge in [0.25, 0.3) is 0 Å². The number of hydrogen-bond acceptors (Lipinski definition) is 8. The van der Waals surface area contributed by atoms with Gasteiger partial charge in [-0.25, -0.2) is 9.78 Å². The zero-order chi connectivity index (χ0) is 22.5. The topological polar surface area (TPSA) is 124 Å². The molecule has 0 radical (unpaired) electrons. The number of methoxy groups -OCH3 is 1. The Morgan fingerprint density at radius 3 is 2.78 bits per heavy atom. The van der Waals surface area contributed by atoms with Gasteiger partial charge < -0.3 is 24.2 Å². The van der Waals surface area contributed by atoms with E-state index in [1.165, 1.54) is 24.7 Å². The van der Waals surface area contributed by atoms with Crippen molar-refractivity contribution < 1.29 is 23.2 Å². The quantitative estimate of drug-likeness (QED) is 0.391. The van der Waals surface area contributed by atoms with Crippen LogP contribution in [0.3, 0.4) is 0 Å². The second-order valence-electron chi connectivity index (χ2n) is 6.77. The van der Waals surface area contributed by atoms with E-state index in [9.17, 15) is 14.4 Å². The molecule has 0 saturated heterocycles. The summed E-state index contributed by atoms with van der Waals surface area (Å²) in [6.07, 6.45) is 1.55. The summed E-state index contributed by atoms with van der Waals surface area (Å²) < 4.78 is 15.8.